The van der Waals surface area contributed by atoms with Crippen LogP contribution in [0, 0.1) is 0 Å². The lowest BCUT2D eigenvalue weighted by atomic mass is 13.9. The summed E-state index contributed by atoms with van der Waals surface area (Å²) in [5.41, 5.74) is 0. The Balaban J connectivity index is -0.00000000533. The van der Waals surface area contributed by atoms with Crippen molar-refractivity contribution in [3.05, 3.63) is 0 Å². The number of hydrogen-bond donors (Lipinski definition) is 1. The van der Waals surface area contributed by atoms with Gasteiger partial charge in [0.25, 0.3) is 0 Å². The third-order valence-electron chi connectivity index (χ3n) is 0.115. The number of nitrogens with one attached hydrogen (secondary N) is 1. The number of halogens is 6. The van der Waals surface area contributed by atoms with Gasteiger partial charge in [-0.2, -0.15) is 0 Å². The summed E-state index contributed by atoms with van der Waals surface area (Å²) in [5, 5.41) is 0. The van der Waals surface area contributed by atoms with Gasteiger partial charge in [0.1, 0.15) is 0 Å². The molecule has 0 saturated heterocycles. The van der Waals surface area contributed by atoms with E-state index < -0.39 is 0 Å². The topological polar surface area (TPSA) is 24.4 Å². The normalized spacial score (nSPS) is 4.55. The van der Waals surface area contributed by atoms with Crippen LogP contribution < -0.4 is 4.86 Å². The first-order chi connectivity index (χ1) is 2.41. The van der Waals surface area contributed by atoms with E-state index in [0.29, 0.717) is 0 Å². The van der Waals surface area contributed by atoms with Crippen molar-refractivity contribution in [3.8, 4) is 0 Å². The molecule has 0 aromatic carbocycles. The molecule has 2 unspecified atom stereocenters. The molecular weight excluding hydrogens is 334 g/mol. The number of nitrogens with zero attached hydrogens (tertiary/aromatic N) is 1. The van der Waals surface area contributed by atoms with E-state index >= 15 is 0 Å². The Morgan fingerprint density at radius 1 is 0.909 bits per heavy atom. The highest BCUT2D eigenvalue weighted by atomic mass is 35.5. The zero-order valence-electron chi connectivity index (χ0n) is 5.00. The summed E-state index contributed by atoms with van der Waals surface area (Å²) >= 11 is 0. The molecule has 0 bridgehead atoms. The van der Waals surface area contributed by atoms with Crippen molar-refractivity contribution in [2.75, 3.05) is 0 Å². The van der Waals surface area contributed by atoms with Crippen LogP contribution in [0.15, 0.2) is 4.52 Å². The number of hydrogen-bond acceptors (Lipinski definition) is 1. The van der Waals surface area contributed by atoms with Crippen molar-refractivity contribution in [2.45, 2.75) is 0 Å². The van der Waals surface area contributed by atoms with Gasteiger partial charge in [-0.25, -0.2) is 9.37 Å². The standard InChI is InChI=1S/6ClH.H5N2P3/c;;;;;;3-1-5-2-4/h6*1H;3-4H2,(H,1,2). The molecule has 0 fully saturated rings. The van der Waals surface area contributed by atoms with Crippen molar-refractivity contribution < 1.29 is 0 Å². The van der Waals surface area contributed by atoms with E-state index in [9.17, 15) is 0 Å². The van der Waals surface area contributed by atoms with E-state index in [1.165, 1.54) is 0 Å². The third kappa shape index (κ3) is 66.2. The van der Waals surface area contributed by atoms with Crippen LogP contribution in [0.1, 0.15) is 0 Å². The van der Waals surface area contributed by atoms with Crippen molar-refractivity contribution >= 4 is 102 Å². The van der Waals surface area contributed by atoms with Crippen molar-refractivity contribution in [1.29, 1.82) is 0 Å². The van der Waals surface area contributed by atoms with Gasteiger partial charge >= 0.3 is 0 Å². The van der Waals surface area contributed by atoms with Crippen LogP contribution in [0.5, 0.6) is 0 Å². The van der Waals surface area contributed by atoms with E-state index in [1.807, 2.05) is 0 Å². The van der Waals surface area contributed by atoms with Gasteiger partial charge in [-0.05, 0) is 9.39 Å². The Morgan fingerprint density at radius 3 is 1.18 bits per heavy atom. The van der Waals surface area contributed by atoms with Crippen LogP contribution in [-0.4, -0.2) is 0 Å². The molecule has 0 rings (SSSR count). The molecule has 1 N–H and O–H groups in total. The summed E-state index contributed by atoms with van der Waals surface area (Å²) in [5.74, 6) is 0. The molecule has 0 spiro atoms. The van der Waals surface area contributed by atoms with Gasteiger partial charge in [0, 0.05) is 0 Å². The zero-order chi connectivity index (χ0) is 4.12. The average molecular weight is 345 g/mol. The van der Waals surface area contributed by atoms with Gasteiger partial charge in [-0.1, -0.05) is 9.39 Å². The lowest BCUT2D eigenvalue weighted by molar-refractivity contribution is 1.74. The summed E-state index contributed by atoms with van der Waals surface area (Å²) in [4.78, 5) is 2.72. The van der Waals surface area contributed by atoms with E-state index in [0.717, 1.165) is 8.52 Å². The van der Waals surface area contributed by atoms with Crippen LogP contribution in [0.3, 0.4) is 0 Å². The Labute approximate surface area is 110 Å². The Kier molecular flexibility index (Phi) is 241. The van der Waals surface area contributed by atoms with Crippen LogP contribution in [0.25, 0.3) is 0 Å². The molecule has 11 heavy (non-hydrogen) atoms. The summed E-state index contributed by atoms with van der Waals surface area (Å²) in [6, 6.07) is 0. The number of rotatable bonds is 1. The van der Waals surface area contributed by atoms with Gasteiger partial charge in [0.05, 0.1) is 8.52 Å². The molecule has 0 aliphatic carbocycles. The molecule has 2 nitrogen and oxygen atoms in total. The van der Waals surface area contributed by atoms with Crippen molar-refractivity contribution in [3.63, 3.8) is 0 Å². The SMILES string of the molecule is Cl.Cl.Cl.Cl.Cl.Cl.PN=PNP. The third-order valence-corrected chi connectivity index (χ3v) is 1.04. The molecule has 0 amide bonds. The second-order valence-corrected chi connectivity index (χ2v) is 2.50. The van der Waals surface area contributed by atoms with E-state index in [4.69, 9.17) is 0 Å². The molecule has 0 aliphatic heterocycles. The first-order valence-electron chi connectivity index (χ1n) is 0.970. The Bertz CT molecular complexity index is 42.8. The van der Waals surface area contributed by atoms with Crippen LogP contribution >= 0.6 is 102 Å². The zero-order valence-corrected chi connectivity index (χ0v) is 13.1. The molecule has 0 saturated carbocycles. The Hall–Kier alpha value is 2.66. The quantitative estimate of drug-likeness (QED) is 0.720. The minimum absolute atomic E-state index is 0. The Morgan fingerprint density at radius 2 is 1.18 bits per heavy atom. The fraction of sp³-hybridized carbons (Fsp3) is 0. The maximum absolute atomic E-state index is 3.61. The second kappa shape index (κ2) is 53.7. The molecule has 2 atom stereocenters. The summed E-state index contributed by atoms with van der Waals surface area (Å²) in [6.07, 6.45) is 0. The second-order valence-electron chi connectivity index (χ2n) is 0.345. The smallest absolute Gasteiger partial charge is 0.0973 e. The predicted octanol–water partition coefficient (Wildman–Crippen LogP) is 3.73. The molecule has 0 radical (unpaired) electrons. The summed E-state index contributed by atoms with van der Waals surface area (Å²) < 4.78 is 3.61. The summed E-state index contributed by atoms with van der Waals surface area (Å²) in [6.45, 7) is 0. The summed E-state index contributed by atoms with van der Waals surface area (Å²) in [7, 11) is 5.45. The highest BCUT2D eigenvalue weighted by Crippen LogP contribution is 1.98. The first-order valence-corrected chi connectivity index (χ1v) is 2.91. The molecule has 0 heterocycles. The fourth-order valence-corrected chi connectivity index (χ4v) is 0.900. The highest BCUT2D eigenvalue weighted by Gasteiger charge is 1.49. The van der Waals surface area contributed by atoms with Crippen molar-refractivity contribution in [2.24, 2.45) is 4.52 Å². The van der Waals surface area contributed by atoms with E-state index in [1.54, 1.807) is 0 Å². The molecular formula is H11Cl6N2P3. The minimum Gasteiger partial charge on any atom is -0.239 e. The van der Waals surface area contributed by atoms with Gasteiger partial charge in [0.2, 0.25) is 0 Å². The maximum atomic E-state index is 3.61. The molecule has 78 valence electrons. The van der Waals surface area contributed by atoms with Crippen molar-refractivity contribution in [1.82, 2.24) is 4.86 Å². The lowest BCUT2D eigenvalue weighted by Gasteiger charge is -1.69. The van der Waals surface area contributed by atoms with Gasteiger partial charge < -0.3 is 0 Å². The van der Waals surface area contributed by atoms with E-state index in [2.05, 4.69) is 28.2 Å². The first kappa shape index (κ1) is 49.4. The largest absolute Gasteiger partial charge is 0.239 e. The monoisotopic (exact) mass is 342 g/mol. The predicted molar refractivity (Wildman–Crippen MR) is 75.4 cm³/mol. The molecule has 0 aromatic rings. The van der Waals surface area contributed by atoms with Crippen LogP contribution in [0.2, 0.25) is 0 Å². The van der Waals surface area contributed by atoms with Gasteiger partial charge in [-0.3, -0.25) is 0 Å². The lowest BCUT2D eigenvalue weighted by Crippen LogP contribution is -1.59. The maximum Gasteiger partial charge on any atom is 0.0973 e. The van der Waals surface area contributed by atoms with Gasteiger partial charge in [0.15, 0.2) is 0 Å². The van der Waals surface area contributed by atoms with Crippen LogP contribution in [0.4, 0.5) is 0 Å². The molecule has 0 aliphatic rings. The molecule has 0 aromatic heterocycles. The highest BCUT2D eigenvalue weighted by molar-refractivity contribution is 7.41. The van der Waals surface area contributed by atoms with E-state index in [-0.39, 0.29) is 74.4 Å². The average Bonchev–Trinajstić information content (AvgIpc) is 1.41. The molecule has 11 heteroatoms. The van der Waals surface area contributed by atoms with Gasteiger partial charge in [-0.15, -0.1) is 74.4 Å². The fourth-order valence-electron chi connectivity index (χ4n) is 0.0333. The van der Waals surface area contributed by atoms with Crippen LogP contribution in [-0.2, 0) is 0 Å². The minimum atomic E-state index is 0.